The van der Waals surface area contributed by atoms with Gasteiger partial charge in [0.15, 0.2) is 0 Å². The van der Waals surface area contributed by atoms with Crippen LogP contribution in [0.1, 0.15) is 117 Å². The molecule has 5 rings (SSSR count). The number of hydrogen-bond donors (Lipinski definition) is 1. The summed E-state index contributed by atoms with van der Waals surface area (Å²) in [6.45, 7) is 7.47. The highest BCUT2D eigenvalue weighted by Crippen LogP contribution is 2.42. The Balaban J connectivity index is 1.26. The molecule has 36 heavy (non-hydrogen) atoms. The summed E-state index contributed by atoms with van der Waals surface area (Å²) in [5, 5.41) is 21.7. The van der Waals surface area contributed by atoms with Gasteiger partial charge in [0.05, 0.1) is 6.04 Å². The first-order chi connectivity index (χ1) is 17.4. The average molecular weight is 509 g/mol. The van der Waals surface area contributed by atoms with Crippen LogP contribution < -0.4 is 5.32 Å². The van der Waals surface area contributed by atoms with E-state index in [0.29, 0.717) is 28.9 Å². The van der Waals surface area contributed by atoms with E-state index in [2.05, 4.69) is 51.8 Å². The SMILES string of the molecule is Cc1nnc(C(C)C)n1[C@@H]1C[C@H]2CC[C@@H](C1)N2CC[C@H](NC(=O)C1CCCCC1)c1ccc(C#N)s1. The van der Waals surface area contributed by atoms with Crippen molar-refractivity contribution in [3.63, 3.8) is 0 Å². The first kappa shape index (κ1) is 25.4. The van der Waals surface area contributed by atoms with E-state index in [9.17, 15) is 10.1 Å². The van der Waals surface area contributed by atoms with Crippen LogP contribution in [0.5, 0.6) is 0 Å². The number of aromatic nitrogens is 3. The number of thiophene rings is 1. The van der Waals surface area contributed by atoms with E-state index in [4.69, 9.17) is 0 Å². The highest BCUT2D eigenvalue weighted by Gasteiger charge is 2.42. The lowest BCUT2D eigenvalue weighted by molar-refractivity contribution is -0.126. The van der Waals surface area contributed by atoms with Gasteiger partial charge >= 0.3 is 0 Å². The van der Waals surface area contributed by atoms with Crippen molar-refractivity contribution in [3.05, 3.63) is 33.5 Å². The molecule has 1 N–H and O–H groups in total. The molecular weight excluding hydrogens is 468 g/mol. The van der Waals surface area contributed by atoms with Crippen LogP contribution in [0.2, 0.25) is 0 Å². The standard InChI is InChI=1S/C28H40N6OS/c1-18(2)27-32-31-19(3)34(27)23-15-21-9-10-22(16-23)33(21)14-13-25(26-12-11-24(17-29)36-26)30-28(35)20-7-5-4-6-8-20/h11-12,18,20-23,25H,4-10,13-16H2,1-3H3,(H,30,35)/t21-,22+,23-,25-/m0/s1. The molecule has 0 spiro atoms. The number of amides is 1. The van der Waals surface area contributed by atoms with Crippen LogP contribution in [-0.2, 0) is 4.79 Å². The highest BCUT2D eigenvalue weighted by atomic mass is 32.1. The Hall–Kier alpha value is -2.24. The number of rotatable bonds is 8. The molecule has 2 bridgehead atoms. The van der Waals surface area contributed by atoms with Gasteiger partial charge in [0, 0.05) is 41.4 Å². The van der Waals surface area contributed by atoms with E-state index < -0.39 is 0 Å². The molecule has 2 aliphatic heterocycles. The summed E-state index contributed by atoms with van der Waals surface area (Å²) < 4.78 is 2.41. The highest BCUT2D eigenvalue weighted by molar-refractivity contribution is 7.12. The van der Waals surface area contributed by atoms with Crippen LogP contribution in [0.15, 0.2) is 12.1 Å². The lowest BCUT2D eigenvalue weighted by atomic mass is 9.88. The zero-order valence-corrected chi connectivity index (χ0v) is 22.8. The monoisotopic (exact) mass is 508 g/mol. The molecule has 7 nitrogen and oxygen atoms in total. The van der Waals surface area contributed by atoms with Crippen LogP contribution in [0.25, 0.3) is 0 Å². The van der Waals surface area contributed by atoms with Crippen molar-refractivity contribution in [3.8, 4) is 6.07 Å². The smallest absolute Gasteiger partial charge is 0.223 e. The predicted molar refractivity (Wildman–Crippen MR) is 142 cm³/mol. The van der Waals surface area contributed by atoms with Gasteiger partial charge in [-0.05, 0) is 64.0 Å². The second kappa shape index (κ2) is 11.0. The number of piperidine rings is 1. The van der Waals surface area contributed by atoms with Crippen molar-refractivity contribution in [2.24, 2.45) is 5.92 Å². The maximum atomic E-state index is 13.1. The molecule has 2 aromatic rings. The Morgan fingerprint density at radius 1 is 1.11 bits per heavy atom. The second-order valence-corrected chi connectivity index (χ2v) is 12.5. The van der Waals surface area contributed by atoms with Crippen LogP contribution in [0, 0.1) is 24.2 Å². The third-order valence-corrected chi connectivity index (χ3v) is 9.79. The van der Waals surface area contributed by atoms with Crippen LogP contribution in [0.3, 0.4) is 0 Å². The third kappa shape index (κ3) is 5.24. The Bertz CT molecular complexity index is 1080. The van der Waals surface area contributed by atoms with E-state index in [1.54, 1.807) is 0 Å². The Labute approximate surface area is 219 Å². The zero-order chi connectivity index (χ0) is 25.2. The number of nitrogens with zero attached hydrogens (tertiary/aromatic N) is 5. The van der Waals surface area contributed by atoms with Crippen molar-refractivity contribution >= 4 is 17.2 Å². The van der Waals surface area contributed by atoms with Crippen molar-refractivity contribution < 1.29 is 4.79 Å². The third-order valence-electron chi connectivity index (χ3n) is 8.68. The van der Waals surface area contributed by atoms with Gasteiger partial charge in [0.25, 0.3) is 0 Å². The fourth-order valence-electron chi connectivity index (χ4n) is 6.87. The van der Waals surface area contributed by atoms with Gasteiger partial charge in [-0.3, -0.25) is 9.69 Å². The fourth-order valence-corrected chi connectivity index (χ4v) is 7.76. The van der Waals surface area contributed by atoms with E-state index in [1.807, 2.05) is 12.1 Å². The van der Waals surface area contributed by atoms with Crippen LogP contribution >= 0.6 is 11.3 Å². The minimum absolute atomic E-state index is 0.0173. The first-order valence-electron chi connectivity index (χ1n) is 13.9. The van der Waals surface area contributed by atoms with Gasteiger partial charge in [-0.2, -0.15) is 5.26 Å². The maximum Gasteiger partial charge on any atom is 0.223 e. The number of nitriles is 1. The molecule has 2 aromatic heterocycles. The van der Waals surface area contributed by atoms with Gasteiger partial charge in [-0.25, -0.2) is 0 Å². The summed E-state index contributed by atoms with van der Waals surface area (Å²) in [4.78, 5) is 17.7. The van der Waals surface area contributed by atoms with Gasteiger partial charge in [-0.15, -0.1) is 21.5 Å². The summed E-state index contributed by atoms with van der Waals surface area (Å²) in [7, 11) is 0. The Morgan fingerprint density at radius 2 is 1.83 bits per heavy atom. The molecule has 1 saturated carbocycles. The van der Waals surface area contributed by atoms with Crippen molar-refractivity contribution in [2.75, 3.05) is 6.54 Å². The Morgan fingerprint density at radius 3 is 2.47 bits per heavy atom. The predicted octanol–water partition coefficient (Wildman–Crippen LogP) is 5.64. The van der Waals surface area contributed by atoms with E-state index >= 15 is 0 Å². The van der Waals surface area contributed by atoms with Gasteiger partial charge < -0.3 is 9.88 Å². The molecule has 0 radical (unpaired) electrons. The average Bonchev–Trinajstić information content (AvgIpc) is 3.58. The fraction of sp³-hybridized carbons (Fsp3) is 0.714. The number of carbonyl (C=O) groups excluding carboxylic acids is 1. The van der Waals surface area contributed by atoms with E-state index in [0.717, 1.165) is 68.0 Å². The van der Waals surface area contributed by atoms with Gasteiger partial charge in [0.1, 0.15) is 22.6 Å². The molecule has 194 valence electrons. The van der Waals surface area contributed by atoms with E-state index in [1.165, 1.54) is 30.6 Å². The molecule has 4 heterocycles. The summed E-state index contributed by atoms with van der Waals surface area (Å²) in [6, 6.07) is 7.80. The number of nitrogens with one attached hydrogen (secondary N) is 1. The molecule has 8 heteroatoms. The van der Waals surface area contributed by atoms with Crippen LogP contribution in [-0.4, -0.2) is 44.2 Å². The summed E-state index contributed by atoms with van der Waals surface area (Å²) in [5.74, 6) is 2.87. The summed E-state index contributed by atoms with van der Waals surface area (Å²) in [5.41, 5.74) is 0. The number of fused-ring (bicyclic) bond motifs is 2. The maximum absolute atomic E-state index is 13.1. The second-order valence-electron chi connectivity index (χ2n) is 11.4. The minimum atomic E-state index is -0.0173. The molecule has 1 amide bonds. The molecule has 1 aliphatic carbocycles. The molecular formula is C28H40N6OS. The molecule has 3 aliphatic rings. The lowest BCUT2D eigenvalue weighted by Crippen LogP contribution is -2.45. The van der Waals surface area contributed by atoms with Crippen molar-refractivity contribution in [1.82, 2.24) is 25.0 Å². The van der Waals surface area contributed by atoms with Gasteiger partial charge in [-0.1, -0.05) is 33.1 Å². The van der Waals surface area contributed by atoms with E-state index in [-0.39, 0.29) is 17.9 Å². The molecule has 4 atom stereocenters. The minimum Gasteiger partial charge on any atom is -0.348 e. The van der Waals surface area contributed by atoms with Crippen molar-refractivity contribution in [1.29, 1.82) is 5.26 Å². The largest absolute Gasteiger partial charge is 0.348 e. The lowest BCUT2D eigenvalue weighted by Gasteiger charge is -2.40. The Kier molecular flexibility index (Phi) is 7.78. The summed E-state index contributed by atoms with van der Waals surface area (Å²) in [6.07, 6.45) is 11.2. The first-order valence-corrected chi connectivity index (χ1v) is 14.7. The van der Waals surface area contributed by atoms with Crippen molar-refractivity contribution in [2.45, 2.75) is 115 Å². The molecule has 0 unspecified atom stereocenters. The van der Waals surface area contributed by atoms with Gasteiger partial charge in [0.2, 0.25) is 5.91 Å². The number of aryl methyl sites for hydroxylation is 1. The quantitative estimate of drug-likeness (QED) is 0.499. The number of carbonyl (C=O) groups is 1. The zero-order valence-electron chi connectivity index (χ0n) is 21.9. The molecule has 0 aromatic carbocycles. The topological polar surface area (TPSA) is 86.8 Å². The van der Waals surface area contributed by atoms with Crippen LogP contribution in [0.4, 0.5) is 0 Å². The summed E-state index contributed by atoms with van der Waals surface area (Å²) >= 11 is 1.53. The molecule has 3 fully saturated rings. The number of hydrogen-bond acceptors (Lipinski definition) is 6. The normalized spacial score (nSPS) is 25.7. The molecule has 2 saturated heterocycles.